The zero-order valence-corrected chi connectivity index (χ0v) is 23.6. The predicted octanol–water partition coefficient (Wildman–Crippen LogP) is 6.27. The molecule has 0 bridgehead atoms. The molecule has 0 saturated carbocycles. The maximum absolute atomic E-state index is 13.0. The molecule has 8 heteroatoms. The molecule has 8 nitrogen and oxygen atoms in total. The Bertz CT molecular complexity index is 2130. The standard InChI is InChI=1S/C35H31N7O/c43-35-41-26-8-4-5-9-32(26)42(35)31-16-17-36-20-25(31)15-12-22-10-13-24(14-11-22)34-33(23-6-2-1-3-7-23)39-29-18-27-28(38-21-37-27)19-30(29)40-34/h1-11,13-14,18-19,21,25,31,36,40H,12,15-17,20H2,(H,41,43). The molecule has 1 fully saturated rings. The summed E-state index contributed by atoms with van der Waals surface area (Å²) in [7, 11) is 0. The SMILES string of the molecule is O=c1[nH]c2ccccc2n1C1CCNCC1CCc1ccc(-c2[nH]c3cc4ncnc4cc3nc2-c2ccccc2)cc1. The number of nitrogens with one attached hydrogen (secondary N) is 3. The molecule has 1 aliphatic rings. The molecule has 2 unspecified atom stereocenters. The summed E-state index contributed by atoms with van der Waals surface area (Å²) >= 11 is 0. The molecule has 4 heterocycles. The Morgan fingerprint density at radius 1 is 0.791 bits per heavy atom. The Morgan fingerprint density at radius 2 is 1.58 bits per heavy atom. The van der Waals surface area contributed by atoms with Crippen molar-refractivity contribution in [1.82, 2.24) is 34.8 Å². The van der Waals surface area contributed by atoms with Gasteiger partial charge in [0.1, 0.15) is 6.33 Å². The third-order valence-electron chi connectivity index (χ3n) is 8.83. The highest BCUT2D eigenvalue weighted by Gasteiger charge is 2.28. The van der Waals surface area contributed by atoms with Crippen molar-refractivity contribution in [1.29, 1.82) is 0 Å². The fourth-order valence-electron chi connectivity index (χ4n) is 6.64. The van der Waals surface area contributed by atoms with Crippen molar-refractivity contribution in [2.45, 2.75) is 25.3 Å². The zero-order valence-electron chi connectivity index (χ0n) is 23.6. The van der Waals surface area contributed by atoms with E-state index in [0.717, 1.165) is 88.0 Å². The van der Waals surface area contributed by atoms with Crippen LogP contribution >= 0.6 is 0 Å². The maximum atomic E-state index is 13.0. The van der Waals surface area contributed by atoms with Crippen LogP contribution in [0.3, 0.4) is 0 Å². The number of aromatic amines is 2. The van der Waals surface area contributed by atoms with Crippen molar-refractivity contribution < 1.29 is 0 Å². The highest BCUT2D eigenvalue weighted by molar-refractivity contribution is 5.94. The van der Waals surface area contributed by atoms with E-state index in [0.29, 0.717) is 5.92 Å². The molecule has 212 valence electrons. The van der Waals surface area contributed by atoms with Crippen LogP contribution in [-0.2, 0) is 6.42 Å². The number of fused-ring (bicyclic) bond motifs is 3. The second-order valence-electron chi connectivity index (χ2n) is 11.4. The Labute approximate surface area is 247 Å². The first kappa shape index (κ1) is 25.6. The number of benzene rings is 4. The summed E-state index contributed by atoms with van der Waals surface area (Å²) in [6.07, 6.45) is 4.48. The Balaban J connectivity index is 1.09. The molecule has 1 aliphatic heterocycles. The van der Waals surface area contributed by atoms with Crippen molar-refractivity contribution in [3.63, 3.8) is 0 Å². The van der Waals surface area contributed by atoms with Crippen molar-refractivity contribution in [3.8, 4) is 22.5 Å². The topological polar surface area (TPSA) is 104 Å². The number of aromatic nitrogens is 6. The number of imidazole rings is 2. The third kappa shape index (κ3) is 4.70. The summed E-state index contributed by atoms with van der Waals surface area (Å²) in [5, 5.41) is 3.56. The summed E-state index contributed by atoms with van der Waals surface area (Å²) in [5.41, 5.74) is 10.7. The first-order chi connectivity index (χ1) is 21.2. The van der Waals surface area contributed by atoms with Gasteiger partial charge >= 0.3 is 5.69 Å². The van der Waals surface area contributed by atoms with Crippen molar-refractivity contribution in [3.05, 3.63) is 113 Å². The zero-order chi connectivity index (χ0) is 28.8. The van der Waals surface area contributed by atoms with E-state index < -0.39 is 0 Å². The van der Waals surface area contributed by atoms with Crippen LogP contribution in [0.1, 0.15) is 24.4 Å². The van der Waals surface area contributed by atoms with E-state index in [1.807, 2.05) is 59.2 Å². The lowest BCUT2D eigenvalue weighted by Crippen LogP contribution is -2.40. The van der Waals surface area contributed by atoms with Crippen molar-refractivity contribution in [2.24, 2.45) is 5.92 Å². The molecule has 0 radical (unpaired) electrons. The first-order valence-electron chi connectivity index (χ1n) is 14.9. The molecule has 1 saturated heterocycles. The number of hydrogen-bond acceptors (Lipinski definition) is 5. The quantitative estimate of drug-likeness (QED) is 0.221. The van der Waals surface area contributed by atoms with Gasteiger partial charge in [0.25, 0.3) is 0 Å². The van der Waals surface area contributed by atoms with Gasteiger partial charge in [0, 0.05) is 17.2 Å². The van der Waals surface area contributed by atoms with Crippen molar-refractivity contribution in [2.75, 3.05) is 13.1 Å². The number of nitrogens with zero attached hydrogens (tertiary/aromatic N) is 4. The number of piperidine rings is 1. The van der Waals surface area contributed by atoms with Gasteiger partial charge in [-0.3, -0.25) is 4.57 Å². The fourth-order valence-corrected chi connectivity index (χ4v) is 6.64. The highest BCUT2D eigenvalue weighted by Crippen LogP contribution is 2.33. The van der Waals surface area contributed by atoms with Crippen LogP contribution in [0, 0.1) is 5.92 Å². The number of para-hydroxylation sites is 2. The molecule has 4 aromatic carbocycles. The number of rotatable bonds is 6. The minimum absolute atomic E-state index is 0.0110. The molecular weight excluding hydrogens is 534 g/mol. The van der Waals surface area contributed by atoms with Gasteiger partial charge < -0.3 is 15.3 Å². The summed E-state index contributed by atoms with van der Waals surface area (Å²) in [5.74, 6) is 0.365. The second kappa shape index (κ2) is 10.6. The molecule has 8 rings (SSSR count). The van der Waals surface area contributed by atoms with E-state index in [1.165, 1.54) is 5.56 Å². The molecule has 0 aliphatic carbocycles. The molecular formula is C35H31N7O. The van der Waals surface area contributed by atoms with E-state index in [-0.39, 0.29) is 11.7 Å². The highest BCUT2D eigenvalue weighted by atomic mass is 16.1. The van der Waals surface area contributed by atoms with Crippen molar-refractivity contribution >= 4 is 33.1 Å². The predicted molar refractivity (Wildman–Crippen MR) is 171 cm³/mol. The lowest BCUT2D eigenvalue weighted by molar-refractivity contribution is 0.243. The summed E-state index contributed by atoms with van der Waals surface area (Å²) < 4.78 is 1.99. The van der Waals surface area contributed by atoms with Gasteiger partial charge in [-0.05, 0) is 68.1 Å². The molecule has 0 amide bonds. The van der Waals surface area contributed by atoms with Crippen LogP contribution in [0.25, 0.3) is 55.6 Å². The van der Waals surface area contributed by atoms with E-state index >= 15 is 0 Å². The van der Waals surface area contributed by atoms with Gasteiger partial charge in [-0.15, -0.1) is 0 Å². The smallest absolute Gasteiger partial charge is 0.326 e. The first-order valence-corrected chi connectivity index (χ1v) is 14.9. The third-order valence-corrected chi connectivity index (χ3v) is 8.83. The van der Waals surface area contributed by atoms with Gasteiger partial charge in [0.05, 0.1) is 44.5 Å². The van der Waals surface area contributed by atoms with Crippen LogP contribution in [0.15, 0.2) is 102 Å². The van der Waals surface area contributed by atoms with E-state index in [1.54, 1.807) is 6.33 Å². The lowest BCUT2D eigenvalue weighted by atomic mass is 9.87. The van der Waals surface area contributed by atoms with Gasteiger partial charge in [-0.1, -0.05) is 66.7 Å². The Hall–Kier alpha value is -5.08. The molecule has 3 N–H and O–H groups in total. The van der Waals surface area contributed by atoms with Crippen LogP contribution in [0.2, 0.25) is 0 Å². The van der Waals surface area contributed by atoms with Gasteiger partial charge in [0.15, 0.2) is 0 Å². The Kier molecular flexibility index (Phi) is 6.34. The molecule has 0 spiro atoms. The summed E-state index contributed by atoms with van der Waals surface area (Å²) in [6, 6.07) is 31.3. The van der Waals surface area contributed by atoms with E-state index in [4.69, 9.17) is 4.98 Å². The fraction of sp³-hybridized carbons (Fsp3) is 0.200. The lowest BCUT2D eigenvalue weighted by Gasteiger charge is -2.33. The normalized spacial score (nSPS) is 17.2. The van der Waals surface area contributed by atoms with Crippen LogP contribution in [-0.4, -0.2) is 42.6 Å². The molecule has 43 heavy (non-hydrogen) atoms. The summed E-state index contributed by atoms with van der Waals surface area (Å²) in [4.78, 5) is 33.5. The van der Waals surface area contributed by atoms with Gasteiger partial charge in [-0.25, -0.2) is 19.7 Å². The van der Waals surface area contributed by atoms with Gasteiger partial charge in [-0.2, -0.15) is 0 Å². The Morgan fingerprint density at radius 3 is 2.44 bits per heavy atom. The largest absolute Gasteiger partial charge is 0.351 e. The molecule has 7 aromatic rings. The van der Waals surface area contributed by atoms with Crippen LogP contribution < -0.4 is 11.0 Å². The average molecular weight is 566 g/mol. The maximum Gasteiger partial charge on any atom is 0.326 e. The van der Waals surface area contributed by atoms with Crippen LogP contribution in [0.4, 0.5) is 0 Å². The van der Waals surface area contributed by atoms with Crippen LogP contribution in [0.5, 0.6) is 0 Å². The number of H-pyrrole nitrogens is 2. The number of hydrogen-bond donors (Lipinski definition) is 3. The second-order valence-corrected chi connectivity index (χ2v) is 11.4. The molecule has 2 atom stereocenters. The average Bonchev–Trinajstić information content (AvgIpc) is 3.65. The minimum atomic E-state index is -0.0110. The molecule has 3 aromatic heterocycles. The minimum Gasteiger partial charge on any atom is -0.351 e. The van der Waals surface area contributed by atoms with Gasteiger partial charge in [0.2, 0.25) is 0 Å². The monoisotopic (exact) mass is 565 g/mol. The number of aryl methyl sites for hydroxylation is 1. The summed E-state index contributed by atoms with van der Waals surface area (Å²) in [6.45, 7) is 1.83. The van der Waals surface area contributed by atoms with E-state index in [9.17, 15) is 4.79 Å². The van der Waals surface area contributed by atoms with E-state index in [2.05, 4.69) is 61.7 Å².